The molecule has 22 heavy (non-hydrogen) atoms. The molecule has 2 aromatic rings. The average Bonchev–Trinajstić information content (AvgIpc) is 2.50. The normalized spacial score (nSPS) is 10.5. The lowest BCUT2D eigenvalue weighted by molar-refractivity contribution is -0.943. The molecule has 0 aliphatic rings. The second-order valence-corrected chi connectivity index (χ2v) is 5.57. The van der Waals surface area contributed by atoms with Gasteiger partial charge in [-0.2, -0.15) is 0 Å². The van der Waals surface area contributed by atoms with Gasteiger partial charge in [-0.05, 0) is 12.2 Å². The first-order chi connectivity index (χ1) is 10.3. The molecule has 0 saturated carbocycles. The molecular weight excluding hydrogens is 290 g/mol. The highest BCUT2D eigenvalue weighted by Crippen LogP contribution is 2.20. The summed E-state index contributed by atoms with van der Waals surface area (Å²) in [5.74, 6) is 0. The van der Waals surface area contributed by atoms with Gasteiger partial charge in [0.05, 0.1) is 13.1 Å². The topological polar surface area (TPSA) is 0 Å². The summed E-state index contributed by atoms with van der Waals surface area (Å²) in [7, 11) is 0. The standard InChI is InChI=1S/C20H24N.ClH/c1-3-15-21(16-4-2,17-19-11-7-5-8-12-19)18-20-13-9-6-10-14-20;/h3-14H,1-2,15-18H2;1H/q+1;/p-1. The van der Waals surface area contributed by atoms with Crippen molar-refractivity contribution in [1.29, 1.82) is 0 Å². The Balaban J connectivity index is 0.00000242. The first kappa shape index (κ1) is 18.2. The Morgan fingerprint density at radius 1 is 0.682 bits per heavy atom. The second kappa shape index (κ2) is 9.24. The SMILES string of the molecule is C=CC[N+](CC=C)(Cc1ccccc1)Cc1ccccc1.[Cl-]. The highest BCUT2D eigenvalue weighted by molar-refractivity contribution is 5.15. The van der Waals surface area contributed by atoms with E-state index in [0.717, 1.165) is 30.7 Å². The first-order valence-corrected chi connectivity index (χ1v) is 7.43. The zero-order valence-corrected chi connectivity index (χ0v) is 13.8. The van der Waals surface area contributed by atoms with Crippen LogP contribution in [0.5, 0.6) is 0 Å². The van der Waals surface area contributed by atoms with Crippen LogP contribution in [0.2, 0.25) is 0 Å². The zero-order valence-electron chi connectivity index (χ0n) is 13.0. The van der Waals surface area contributed by atoms with Gasteiger partial charge < -0.3 is 16.9 Å². The van der Waals surface area contributed by atoms with Crippen LogP contribution in [0.4, 0.5) is 0 Å². The molecule has 0 N–H and O–H groups in total. The minimum atomic E-state index is 0. The van der Waals surface area contributed by atoms with Crippen LogP contribution in [-0.4, -0.2) is 17.6 Å². The first-order valence-electron chi connectivity index (χ1n) is 7.43. The van der Waals surface area contributed by atoms with Gasteiger partial charge in [0.1, 0.15) is 13.1 Å². The van der Waals surface area contributed by atoms with Crippen molar-refractivity contribution in [3.63, 3.8) is 0 Å². The summed E-state index contributed by atoms with van der Waals surface area (Å²) in [6, 6.07) is 21.3. The summed E-state index contributed by atoms with van der Waals surface area (Å²) in [5.41, 5.74) is 2.72. The summed E-state index contributed by atoms with van der Waals surface area (Å²) in [5, 5.41) is 0. The number of hydrogen-bond donors (Lipinski definition) is 0. The molecule has 0 aliphatic carbocycles. The molecule has 2 heteroatoms. The van der Waals surface area contributed by atoms with Crippen molar-refractivity contribution in [2.45, 2.75) is 13.1 Å². The van der Waals surface area contributed by atoms with E-state index in [9.17, 15) is 0 Å². The number of nitrogens with zero attached hydrogens (tertiary/aromatic N) is 1. The summed E-state index contributed by atoms with van der Waals surface area (Å²) in [6.07, 6.45) is 4.05. The lowest BCUT2D eigenvalue weighted by atomic mass is 10.1. The Morgan fingerprint density at radius 3 is 1.36 bits per heavy atom. The maximum atomic E-state index is 3.96. The third-order valence-corrected chi connectivity index (χ3v) is 3.75. The summed E-state index contributed by atoms with van der Waals surface area (Å²) < 4.78 is 0.932. The molecule has 0 heterocycles. The lowest BCUT2D eigenvalue weighted by Gasteiger charge is -2.37. The average molecular weight is 314 g/mol. The van der Waals surface area contributed by atoms with Crippen molar-refractivity contribution in [2.75, 3.05) is 13.1 Å². The number of benzene rings is 2. The molecule has 0 bridgehead atoms. The van der Waals surface area contributed by atoms with Gasteiger partial charge in [-0.25, -0.2) is 0 Å². The highest BCUT2D eigenvalue weighted by Gasteiger charge is 2.25. The Bertz CT molecular complexity index is 509. The molecule has 2 rings (SSSR count). The van der Waals surface area contributed by atoms with Crippen LogP contribution < -0.4 is 12.4 Å². The van der Waals surface area contributed by atoms with Crippen molar-refractivity contribution in [3.05, 3.63) is 97.1 Å². The van der Waals surface area contributed by atoms with E-state index in [1.54, 1.807) is 0 Å². The van der Waals surface area contributed by atoms with Crippen molar-refractivity contribution < 1.29 is 16.9 Å². The predicted molar refractivity (Wildman–Crippen MR) is 90.7 cm³/mol. The fraction of sp³-hybridized carbons (Fsp3) is 0.200. The van der Waals surface area contributed by atoms with Crippen LogP contribution >= 0.6 is 0 Å². The molecule has 1 nitrogen and oxygen atoms in total. The van der Waals surface area contributed by atoms with E-state index < -0.39 is 0 Å². The number of quaternary nitrogens is 1. The molecule has 0 spiro atoms. The van der Waals surface area contributed by atoms with Crippen molar-refractivity contribution >= 4 is 0 Å². The van der Waals surface area contributed by atoms with E-state index in [-0.39, 0.29) is 12.4 Å². The monoisotopic (exact) mass is 313 g/mol. The van der Waals surface area contributed by atoms with Crippen LogP contribution in [-0.2, 0) is 13.1 Å². The van der Waals surface area contributed by atoms with Crippen LogP contribution in [0.1, 0.15) is 11.1 Å². The van der Waals surface area contributed by atoms with Gasteiger partial charge in [0, 0.05) is 11.1 Å². The van der Waals surface area contributed by atoms with E-state index in [1.807, 2.05) is 12.2 Å². The smallest absolute Gasteiger partial charge is 0.105 e. The predicted octanol–water partition coefficient (Wildman–Crippen LogP) is 1.58. The second-order valence-electron chi connectivity index (χ2n) is 5.57. The molecule has 0 amide bonds. The fourth-order valence-corrected chi connectivity index (χ4v) is 2.88. The minimum absolute atomic E-state index is 0. The fourth-order valence-electron chi connectivity index (χ4n) is 2.88. The Kier molecular flexibility index (Phi) is 7.65. The molecule has 2 aromatic carbocycles. The molecule has 0 aromatic heterocycles. The zero-order chi connectivity index (χ0) is 15.0. The van der Waals surface area contributed by atoms with Gasteiger partial charge in [0.15, 0.2) is 0 Å². The van der Waals surface area contributed by atoms with Crippen LogP contribution in [0.3, 0.4) is 0 Å². The van der Waals surface area contributed by atoms with Crippen molar-refractivity contribution in [3.8, 4) is 0 Å². The van der Waals surface area contributed by atoms with Crippen molar-refractivity contribution in [2.24, 2.45) is 0 Å². The van der Waals surface area contributed by atoms with E-state index in [2.05, 4.69) is 73.8 Å². The largest absolute Gasteiger partial charge is 1.00 e. The number of hydrogen-bond acceptors (Lipinski definition) is 0. The molecular formula is C20H24ClN. The molecule has 0 saturated heterocycles. The number of rotatable bonds is 8. The maximum absolute atomic E-state index is 3.96. The van der Waals surface area contributed by atoms with Gasteiger partial charge in [-0.1, -0.05) is 73.8 Å². The molecule has 0 atom stereocenters. The summed E-state index contributed by atoms with van der Waals surface area (Å²) in [6.45, 7) is 11.8. The Labute approximate surface area is 140 Å². The van der Waals surface area contributed by atoms with E-state index in [0.29, 0.717) is 0 Å². The quantitative estimate of drug-likeness (QED) is 0.513. The van der Waals surface area contributed by atoms with Crippen molar-refractivity contribution in [1.82, 2.24) is 0 Å². The van der Waals surface area contributed by atoms with Crippen LogP contribution in [0.15, 0.2) is 86.0 Å². The van der Waals surface area contributed by atoms with Gasteiger partial charge in [0.25, 0.3) is 0 Å². The lowest BCUT2D eigenvalue weighted by Crippen LogP contribution is -3.00. The molecule has 116 valence electrons. The van der Waals surface area contributed by atoms with E-state index in [4.69, 9.17) is 0 Å². The third-order valence-electron chi connectivity index (χ3n) is 3.75. The molecule has 0 aliphatic heterocycles. The molecule has 0 fully saturated rings. The van der Waals surface area contributed by atoms with Gasteiger partial charge >= 0.3 is 0 Å². The van der Waals surface area contributed by atoms with Gasteiger partial charge in [-0.15, -0.1) is 0 Å². The molecule has 0 radical (unpaired) electrons. The number of halogens is 1. The minimum Gasteiger partial charge on any atom is -1.00 e. The Morgan fingerprint density at radius 2 is 1.05 bits per heavy atom. The summed E-state index contributed by atoms with van der Waals surface area (Å²) >= 11 is 0. The maximum Gasteiger partial charge on any atom is 0.105 e. The summed E-state index contributed by atoms with van der Waals surface area (Å²) in [4.78, 5) is 0. The van der Waals surface area contributed by atoms with Crippen LogP contribution in [0, 0.1) is 0 Å². The van der Waals surface area contributed by atoms with Gasteiger partial charge in [-0.3, -0.25) is 0 Å². The highest BCUT2D eigenvalue weighted by atomic mass is 35.5. The van der Waals surface area contributed by atoms with Gasteiger partial charge in [0.2, 0.25) is 0 Å². The molecule has 0 unspecified atom stereocenters. The Hall–Kier alpha value is -1.83. The third kappa shape index (κ3) is 5.18. The van der Waals surface area contributed by atoms with E-state index >= 15 is 0 Å². The van der Waals surface area contributed by atoms with E-state index in [1.165, 1.54) is 11.1 Å². The van der Waals surface area contributed by atoms with Crippen LogP contribution in [0.25, 0.3) is 0 Å².